The smallest absolute Gasteiger partial charge is 0.408 e. The van der Waals surface area contributed by atoms with Crippen molar-refractivity contribution in [2.24, 2.45) is 29.4 Å². The van der Waals surface area contributed by atoms with Crippen LogP contribution in [0.4, 0.5) is 4.79 Å². The summed E-state index contributed by atoms with van der Waals surface area (Å²) in [6, 6.07) is 1.52. The number of alkyl carbamates (subject to hydrolysis) is 1. The number of hydrogen-bond donors (Lipinski definition) is 5. The molecule has 0 spiro atoms. The third-order valence-electron chi connectivity index (χ3n) is 11.4. The Morgan fingerprint density at radius 1 is 0.952 bits per heavy atom. The first kappa shape index (κ1) is 34.0. The van der Waals surface area contributed by atoms with Crippen molar-refractivity contribution in [3.63, 3.8) is 0 Å². The molecule has 1 heterocycles. The van der Waals surface area contributed by atoms with Crippen LogP contribution in [0.25, 0.3) is 0 Å². The number of carbonyl (C=O) groups is 1. The molecule has 5 unspecified atom stereocenters. The van der Waals surface area contributed by atoms with Gasteiger partial charge in [0.25, 0.3) is 0 Å². The van der Waals surface area contributed by atoms with Crippen LogP contribution in [0.5, 0.6) is 0 Å². The molecule has 4 rings (SSSR count). The first-order valence-corrected chi connectivity index (χ1v) is 18.2. The van der Waals surface area contributed by atoms with Crippen LogP contribution in [0.1, 0.15) is 150 Å². The van der Waals surface area contributed by atoms with E-state index >= 15 is 0 Å². The van der Waals surface area contributed by atoms with Gasteiger partial charge in [0, 0.05) is 23.7 Å². The lowest BCUT2D eigenvalue weighted by Gasteiger charge is -2.53. The third-order valence-corrected chi connectivity index (χ3v) is 11.4. The SMILES string of the molecule is CCCCCCC1NC(C2CCC(C3(NC(=O)OC(C)(C)C)CCC3)CC2)C(C2CCCCC2)CC1NC(N)NCC. The molecule has 4 aliphatic rings. The van der Waals surface area contributed by atoms with Crippen LogP contribution in [0.15, 0.2) is 0 Å². The van der Waals surface area contributed by atoms with Gasteiger partial charge in [-0.3, -0.25) is 10.6 Å². The second kappa shape index (κ2) is 15.9. The molecule has 0 aromatic heterocycles. The van der Waals surface area contributed by atoms with Gasteiger partial charge < -0.3 is 21.1 Å². The van der Waals surface area contributed by atoms with Gasteiger partial charge in [0.15, 0.2) is 0 Å². The Morgan fingerprint density at radius 3 is 2.26 bits per heavy atom. The molecular formula is C35H67N5O2. The highest BCUT2D eigenvalue weighted by molar-refractivity contribution is 5.69. The summed E-state index contributed by atoms with van der Waals surface area (Å²) in [7, 11) is 0. The lowest BCUT2D eigenvalue weighted by Crippen LogP contribution is -2.66. The van der Waals surface area contributed by atoms with E-state index in [9.17, 15) is 4.79 Å². The van der Waals surface area contributed by atoms with Crippen LogP contribution >= 0.6 is 0 Å². The second-order valence-corrected chi connectivity index (χ2v) is 15.5. The average Bonchev–Trinajstić information content (AvgIpc) is 2.93. The molecule has 0 aromatic carbocycles. The number of ether oxygens (including phenoxy) is 1. The zero-order chi connectivity index (χ0) is 30.2. The van der Waals surface area contributed by atoms with Crippen molar-refractivity contribution in [1.82, 2.24) is 21.3 Å². The van der Waals surface area contributed by atoms with Gasteiger partial charge in [0.05, 0.1) is 0 Å². The minimum atomic E-state index is -0.455. The lowest BCUT2D eigenvalue weighted by molar-refractivity contribution is 0.00790. The number of hydrogen-bond acceptors (Lipinski definition) is 6. The number of nitrogens with one attached hydrogen (secondary N) is 4. The van der Waals surface area contributed by atoms with Gasteiger partial charge in [-0.1, -0.05) is 71.6 Å². The van der Waals surface area contributed by atoms with E-state index in [0.29, 0.717) is 24.0 Å². The molecule has 0 radical (unpaired) electrons. The summed E-state index contributed by atoms with van der Waals surface area (Å²) in [6.07, 6.45) is 22.8. The van der Waals surface area contributed by atoms with Crippen LogP contribution in [-0.4, -0.2) is 48.2 Å². The molecule has 0 aromatic rings. The first-order chi connectivity index (χ1) is 20.1. The van der Waals surface area contributed by atoms with E-state index in [1.807, 2.05) is 20.8 Å². The summed E-state index contributed by atoms with van der Waals surface area (Å²) in [5.41, 5.74) is 6.01. The third kappa shape index (κ3) is 9.31. The quantitative estimate of drug-likeness (QED) is 0.118. The van der Waals surface area contributed by atoms with E-state index in [-0.39, 0.29) is 17.9 Å². The molecule has 1 aliphatic heterocycles. The van der Waals surface area contributed by atoms with Crippen molar-refractivity contribution in [2.75, 3.05) is 6.54 Å². The van der Waals surface area contributed by atoms with Gasteiger partial charge in [-0.05, 0) is 109 Å². The number of unbranched alkanes of at least 4 members (excludes halogenated alkanes) is 3. The minimum Gasteiger partial charge on any atom is -0.444 e. The monoisotopic (exact) mass is 590 g/mol. The summed E-state index contributed by atoms with van der Waals surface area (Å²) < 4.78 is 5.69. The molecule has 3 saturated carbocycles. The van der Waals surface area contributed by atoms with E-state index in [0.717, 1.165) is 37.1 Å². The predicted molar refractivity (Wildman–Crippen MR) is 174 cm³/mol. The maximum atomic E-state index is 12.8. The van der Waals surface area contributed by atoms with Gasteiger partial charge in [0.2, 0.25) is 0 Å². The van der Waals surface area contributed by atoms with Gasteiger partial charge in [-0.2, -0.15) is 0 Å². The fraction of sp³-hybridized carbons (Fsp3) is 0.971. The number of piperidine rings is 1. The van der Waals surface area contributed by atoms with Crippen LogP contribution in [0.2, 0.25) is 0 Å². The van der Waals surface area contributed by atoms with E-state index in [1.54, 1.807) is 0 Å². The van der Waals surface area contributed by atoms with Crippen molar-refractivity contribution in [2.45, 2.75) is 186 Å². The molecule has 4 fully saturated rings. The number of nitrogens with two attached hydrogens (primary N) is 1. The number of carbonyl (C=O) groups excluding carboxylic acids is 1. The van der Waals surface area contributed by atoms with Crippen LogP contribution in [0.3, 0.4) is 0 Å². The fourth-order valence-corrected chi connectivity index (χ4v) is 9.12. The molecule has 1 saturated heterocycles. The van der Waals surface area contributed by atoms with E-state index < -0.39 is 5.60 Å². The zero-order valence-electron chi connectivity index (χ0n) is 27.9. The highest BCUT2D eigenvalue weighted by Crippen LogP contribution is 2.49. The van der Waals surface area contributed by atoms with Gasteiger partial charge in [-0.25, -0.2) is 4.79 Å². The Balaban J connectivity index is 1.44. The summed E-state index contributed by atoms with van der Waals surface area (Å²) in [6.45, 7) is 11.2. The van der Waals surface area contributed by atoms with Crippen molar-refractivity contribution in [3.8, 4) is 0 Å². The predicted octanol–water partition coefficient (Wildman–Crippen LogP) is 6.95. The molecule has 7 heteroatoms. The first-order valence-electron chi connectivity index (χ1n) is 18.2. The van der Waals surface area contributed by atoms with Gasteiger partial charge >= 0.3 is 6.09 Å². The Labute approximate surface area is 258 Å². The molecule has 5 atom stereocenters. The van der Waals surface area contributed by atoms with E-state index in [4.69, 9.17) is 10.5 Å². The van der Waals surface area contributed by atoms with Crippen molar-refractivity contribution < 1.29 is 9.53 Å². The molecular weight excluding hydrogens is 522 g/mol. The maximum absolute atomic E-state index is 12.8. The average molecular weight is 590 g/mol. The molecule has 0 bridgehead atoms. The van der Waals surface area contributed by atoms with Gasteiger partial charge in [0.1, 0.15) is 11.9 Å². The standard InChI is InChI=1S/C35H67N5O2/c1-6-8-9-13-17-29-30(39-32(36)37-7-2)24-28(25-15-11-10-12-16-25)31(38-29)26-18-20-27(21-19-26)35(22-14-23-35)40-33(41)42-34(3,4)5/h25-32,37-39H,6-24,36H2,1-5H3,(H,40,41). The highest BCUT2D eigenvalue weighted by atomic mass is 16.6. The second-order valence-electron chi connectivity index (χ2n) is 15.5. The Bertz CT molecular complexity index is 798. The van der Waals surface area contributed by atoms with Crippen molar-refractivity contribution in [3.05, 3.63) is 0 Å². The zero-order valence-corrected chi connectivity index (χ0v) is 27.9. The number of rotatable bonds is 13. The largest absolute Gasteiger partial charge is 0.444 e. The van der Waals surface area contributed by atoms with Crippen LogP contribution in [-0.2, 0) is 4.74 Å². The molecule has 1 amide bonds. The summed E-state index contributed by atoms with van der Waals surface area (Å²) in [5, 5.41) is 15.0. The molecule has 7 nitrogen and oxygen atoms in total. The van der Waals surface area contributed by atoms with E-state index in [2.05, 4.69) is 35.1 Å². The topological polar surface area (TPSA) is 100 Å². The van der Waals surface area contributed by atoms with E-state index in [1.165, 1.54) is 103 Å². The van der Waals surface area contributed by atoms with Crippen LogP contribution < -0.4 is 27.0 Å². The summed E-state index contributed by atoms with van der Waals surface area (Å²) in [5.74, 6) is 2.86. The minimum absolute atomic E-state index is 0.0463. The fourth-order valence-electron chi connectivity index (χ4n) is 9.12. The summed E-state index contributed by atoms with van der Waals surface area (Å²) >= 11 is 0. The normalized spacial score (nSPS) is 33.0. The van der Waals surface area contributed by atoms with Crippen molar-refractivity contribution >= 4 is 6.09 Å². The molecule has 42 heavy (non-hydrogen) atoms. The Morgan fingerprint density at radius 2 is 1.67 bits per heavy atom. The van der Waals surface area contributed by atoms with Crippen LogP contribution in [0, 0.1) is 23.7 Å². The molecule has 244 valence electrons. The summed E-state index contributed by atoms with van der Waals surface area (Å²) in [4.78, 5) is 12.8. The Hall–Kier alpha value is -0.890. The molecule has 3 aliphatic carbocycles. The molecule has 6 N–H and O–H groups in total. The Kier molecular flexibility index (Phi) is 12.9. The number of amides is 1. The lowest BCUT2D eigenvalue weighted by atomic mass is 9.59. The highest BCUT2D eigenvalue weighted by Gasteiger charge is 2.49. The van der Waals surface area contributed by atoms with Gasteiger partial charge in [-0.15, -0.1) is 0 Å². The van der Waals surface area contributed by atoms with Crippen molar-refractivity contribution in [1.29, 1.82) is 0 Å². The maximum Gasteiger partial charge on any atom is 0.408 e.